The van der Waals surface area contributed by atoms with E-state index in [4.69, 9.17) is 10.4 Å². The van der Waals surface area contributed by atoms with E-state index >= 15 is 0 Å². The number of amides is 1. The van der Waals surface area contributed by atoms with Crippen LogP contribution in [0.3, 0.4) is 0 Å². The van der Waals surface area contributed by atoms with Gasteiger partial charge in [-0.1, -0.05) is 30.3 Å². The minimum atomic E-state index is -0.360. The molecule has 22 heavy (non-hydrogen) atoms. The molecule has 5 heteroatoms. The molecule has 1 aromatic rings. The zero-order chi connectivity index (χ0) is 16.0. The Bertz CT molecular complexity index is 506. The maximum Gasteiger partial charge on any atom is 0.263 e. The SMILES string of the molecule is N#C/C(=C/NCCCCCO)C(=O)NCCc1ccccc1. The molecule has 1 amide bonds. The smallest absolute Gasteiger partial charge is 0.263 e. The van der Waals surface area contributed by atoms with E-state index in [1.165, 1.54) is 6.20 Å². The Labute approximate surface area is 131 Å². The van der Waals surface area contributed by atoms with E-state index in [0.29, 0.717) is 13.1 Å². The number of aliphatic hydroxyl groups excluding tert-OH is 1. The van der Waals surface area contributed by atoms with Gasteiger partial charge in [0.1, 0.15) is 11.6 Å². The van der Waals surface area contributed by atoms with Crippen molar-refractivity contribution in [2.75, 3.05) is 19.7 Å². The number of aliphatic hydroxyl groups is 1. The first-order chi connectivity index (χ1) is 10.8. The van der Waals surface area contributed by atoms with Crippen LogP contribution in [0.1, 0.15) is 24.8 Å². The quantitative estimate of drug-likeness (QED) is 0.347. The summed E-state index contributed by atoms with van der Waals surface area (Å²) in [7, 11) is 0. The highest BCUT2D eigenvalue weighted by atomic mass is 16.2. The number of nitriles is 1. The molecule has 1 rings (SSSR count). The molecule has 0 bridgehead atoms. The molecule has 5 nitrogen and oxygen atoms in total. The number of carbonyl (C=O) groups is 1. The molecule has 118 valence electrons. The molecule has 0 fully saturated rings. The zero-order valence-corrected chi connectivity index (χ0v) is 12.7. The molecule has 0 saturated carbocycles. The van der Waals surface area contributed by atoms with E-state index in [2.05, 4.69) is 10.6 Å². The van der Waals surface area contributed by atoms with Gasteiger partial charge in [-0.15, -0.1) is 0 Å². The minimum absolute atomic E-state index is 0.0789. The Morgan fingerprint density at radius 2 is 1.95 bits per heavy atom. The number of hydrogen-bond acceptors (Lipinski definition) is 4. The van der Waals surface area contributed by atoms with Gasteiger partial charge in [-0.2, -0.15) is 5.26 Å². The zero-order valence-electron chi connectivity index (χ0n) is 12.7. The Morgan fingerprint density at radius 1 is 1.18 bits per heavy atom. The number of unbranched alkanes of at least 4 members (excludes halogenated alkanes) is 2. The highest BCUT2D eigenvalue weighted by Gasteiger charge is 2.07. The molecule has 0 radical (unpaired) electrons. The van der Waals surface area contributed by atoms with Crippen molar-refractivity contribution >= 4 is 5.91 Å². The Balaban J connectivity index is 2.27. The van der Waals surface area contributed by atoms with Crippen molar-refractivity contribution in [3.8, 4) is 6.07 Å². The third-order valence-electron chi connectivity index (χ3n) is 3.13. The summed E-state index contributed by atoms with van der Waals surface area (Å²) in [6.45, 7) is 1.38. The van der Waals surface area contributed by atoms with Crippen LogP contribution >= 0.6 is 0 Å². The van der Waals surface area contributed by atoms with Crippen molar-refractivity contribution in [2.24, 2.45) is 0 Å². The van der Waals surface area contributed by atoms with Gasteiger partial charge >= 0.3 is 0 Å². The van der Waals surface area contributed by atoms with Gasteiger partial charge in [0.2, 0.25) is 0 Å². The average molecular weight is 301 g/mol. The lowest BCUT2D eigenvalue weighted by Crippen LogP contribution is -2.27. The van der Waals surface area contributed by atoms with Gasteiger partial charge < -0.3 is 15.7 Å². The second-order valence-corrected chi connectivity index (χ2v) is 4.90. The lowest BCUT2D eigenvalue weighted by Gasteiger charge is -2.05. The van der Waals surface area contributed by atoms with Crippen molar-refractivity contribution < 1.29 is 9.90 Å². The van der Waals surface area contributed by atoms with E-state index in [9.17, 15) is 4.79 Å². The first-order valence-electron chi connectivity index (χ1n) is 7.54. The van der Waals surface area contributed by atoms with Gasteiger partial charge in [-0.3, -0.25) is 4.79 Å². The van der Waals surface area contributed by atoms with Crippen LogP contribution < -0.4 is 10.6 Å². The Kier molecular flexibility index (Phi) is 9.15. The van der Waals surface area contributed by atoms with Crippen molar-refractivity contribution in [1.29, 1.82) is 5.26 Å². The third-order valence-corrected chi connectivity index (χ3v) is 3.13. The van der Waals surface area contributed by atoms with E-state index in [0.717, 1.165) is 31.2 Å². The largest absolute Gasteiger partial charge is 0.396 e. The molecule has 0 aliphatic heterocycles. The fourth-order valence-corrected chi connectivity index (χ4v) is 1.90. The van der Waals surface area contributed by atoms with Crippen LogP contribution in [0, 0.1) is 11.3 Å². The molecule has 0 saturated heterocycles. The second kappa shape index (κ2) is 11.4. The number of hydrogen-bond donors (Lipinski definition) is 3. The molecule has 0 atom stereocenters. The molecule has 0 unspecified atom stereocenters. The van der Waals surface area contributed by atoms with Gasteiger partial charge in [0.15, 0.2) is 0 Å². The van der Waals surface area contributed by atoms with Crippen molar-refractivity contribution in [3.05, 3.63) is 47.7 Å². The Morgan fingerprint density at radius 3 is 2.64 bits per heavy atom. The lowest BCUT2D eigenvalue weighted by atomic mass is 10.1. The normalized spacial score (nSPS) is 10.8. The van der Waals surface area contributed by atoms with Gasteiger partial charge in [0.25, 0.3) is 5.91 Å². The first-order valence-corrected chi connectivity index (χ1v) is 7.54. The number of benzene rings is 1. The van der Waals surface area contributed by atoms with Crippen LogP contribution in [0.25, 0.3) is 0 Å². The van der Waals surface area contributed by atoms with Crippen molar-refractivity contribution in [3.63, 3.8) is 0 Å². The second-order valence-electron chi connectivity index (χ2n) is 4.90. The summed E-state index contributed by atoms with van der Waals surface area (Å²) in [4.78, 5) is 11.9. The number of rotatable bonds is 10. The van der Waals surface area contributed by atoms with Gasteiger partial charge in [-0.05, 0) is 31.2 Å². The van der Waals surface area contributed by atoms with Crippen LogP contribution in [0.15, 0.2) is 42.1 Å². The van der Waals surface area contributed by atoms with Crippen LogP contribution in [-0.2, 0) is 11.2 Å². The summed E-state index contributed by atoms with van der Waals surface area (Å²) in [5.41, 5.74) is 1.22. The molecule has 3 N–H and O–H groups in total. The number of nitrogens with zero attached hydrogens (tertiary/aromatic N) is 1. The Hall–Kier alpha value is -2.32. The molecule has 0 aromatic heterocycles. The van der Waals surface area contributed by atoms with E-state index in [1.54, 1.807) is 0 Å². The highest BCUT2D eigenvalue weighted by molar-refractivity contribution is 5.97. The maximum absolute atomic E-state index is 11.9. The predicted molar refractivity (Wildman–Crippen MR) is 85.8 cm³/mol. The predicted octanol–water partition coefficient (Wildman–Crippen LogP) is 1.50. The molecule has 0 spiro atoms. The molecular weight excluding hydrogens is 278 g/mol. The topological polar surface area (TPSA) is 85.2 Å². The van der Waals surface area contributed by atoms with Crippen LogP contribution in [-0.4, -0.2) is 30.7 Å². The summed E-state index contributed by atoms with van der Waals surface area (Å²) in [5.74, 6) is -0.360. The monoisotopic (exact) mass is 301 g/mol. The summed E-state index contributed by atoms with van der Waals surface area (Å²) >= 11 is 0. The average Bonchev–Trinajstić information content (AvgIpc) is 2.55. The summed E-state index contributed by atoms with van der Waals surface area (Å²) in [5, 5.41) is 23.4. The van der Waals surface area contributed by atoms with E-state index < -0.39 is 0 Å². The van der Waals surface area contributed by atoms with Gasteiger partial charge in [0, 0.05) is 25.9 Å². The van der Waals surface area contributed by atoms with E-state index in [1.807, 2.05) is 36.4 Å². The fraction of sp³-hybridized carbons (Fsp3) is 0.412. The van der Waals surface area contributed by atoms with Crippen LogP contribution in [0.4, 0.5) is 0 Å². The summed E-state index contributed by atoms with van der Waals surface area (Å²) in [6, 6.07) is 11.8. The molecule has 1 aromatic carbocycles. The molecule has 0 aliphatic carbocycles. The third kappa shape index (κ3) is 7.46. The highest BCUT2D eigenvalue weighted by Crippen LogP contribution is 1.99. The summed E-state index contributed by atoms with van der Waals surface area (Å²) < 4.78 is 0. The van der Waals surface area contributed by atoms with Crippen molar-refractivity contribution in [2.45, 2.75) is 25.7 Å². The van der Waals surface area contributed by atoms with Gasteiger partial charge in [-0.25, -0.2) is 0 Å². The lowest BCUT2D eigenvalue weighted by molar-refractivity contribution is -0.117. The summed E-state index contributed by atoms with van der Waals surface area (Å²) in [6.07, 6.45) is 4.78. The number of nitrogens with one attached hydrogen (secondary N) is 2. The number of carbonyl (C=O) groups excluding carboxylic acids is 1. The molecule has 0 aliphatic rings. The first kappa shape index (κ1) is 17.7. The fourth-order valence-electron chi connectivity index (χ4n) is 1.90. The van der Waals surface area contributed by atoms with E-state index in [-0.39, 0.29) is 18.1 Å². The van der Waals surface area contributed by atoms with Crippen molar-refractivity contribution in [1.82, 2.24) is 10.6 Å². The van der Waals surface area contributed by atoms with Crippen LogP contribution in [0.5, 0.6) is 0 Å². The van der Waals surface area contributed by atoms with Crippen LogP contribution in [0.2, 0.25) is 0 Å². The van der Waals surface area contributed by atoms with Gasteiger partial charge in [0.05, 0.1) is 0 Å². The molecule has 0 heterocycles. The molecular formula is C17H23N3O2. The standard InChI is InChI=1S/C17H23N3O2/c18-13-16(14-19-10-5-2-6-12-21)17(22)20-11-9-15-7-3-1-4-8-15/h1,3-4,7-8,14,19,21H,2,5-6,9-12H2,(H,20,22)/b16-14-. The minimum Gasteiger partial charge on any atom is -0.396 e. The maximum atomic E-state index is 11.9.